The van der Waals surface area contributed by atoms with Gasteiger partial charge >= 0.3 is 0 Å². The second kappa shape index (κ2) is 3.90. The van der Waals surface area contributed by atoms with Crippen LogP contribution in [0.1, 0.15) is 33.6 Å². The molecule has 3 nitrogen and oxygen atoms in total. The molecule has 0 bridgehead atoms. The summed E-state index contributed by atoms with van der Waals surface area (Å²) >= 11 is 0. The highest BCUT2D eigenvalue weighted by molar-refractivity contribution is 5.88. The molecule has 0 aliphatic heterocycles. The smallest absolute Gasteiger partial charge is 0.223 e. The van der Waals surface area contributed by atoms with E-state index in [9.17, 15) is 9.59 Å². The normalized spacial score (nSPS) is 20.5. The van der Waals surface area contributed by atoms with Gasteiger partial charge in [0, 0.05) is 5.92 Å². The highest BCUT2D eigenvalue weighted by Crippen LogP contribution is 2.36. The zero-order chi connectivity index (χ0) is 10.0. The summed E-state index contributed by atoms with van der Waals surface area (Å²) in [7, 11) is 0. The fourth-order valence-electron chi connectivity index (χ4n) is 1.26. The fraction of sp³-hybridized carbons (Fsp3) is 0.800. The van der Waals surface area contributed by atoms with E-state index in [-0.39, 0.29) is 23.7 Å². The quantitative estimate of drug-likeness (QED) is 0.710. The van der Waals surface area contributed by atoms with Crippen molar-refractivity contribution in [3.8, 4) is 0 Å². The third-order valence-corrected chi connectivity index (χ3v) is 2.71. The van der Waals surface area contributed by atoms with E-state index >= 15 is 0 Å². The monoisotopic (exact) mass is 183 g/mol. The molecule has 0 aromatic rings. The summed E-state index contributed by atoms with van der Waals surface area (Å²) < 4.78 is 0. The first kappa shape index (κ1) is 10.2. The van der Waals surface area contributed by atoms with Crippen LogP contribution < -0.4 is 5.32 Å². The Hall–Kier alpha value is -0.860. The lowest BCUT2D eigenvalue weighted by Crippen LogP contribution is -2.40. The third-order valence-electron chi connectivity index (χ3n) is 2.71. The van der Waals surface area contributed by atoms with Crippen LogP contribution in [0.3, 0.4) is 0 Å². The number of hydrogen-bond donors (Lipinski definition) is 1. The zero-order valence-electron chi connectivity index (χ0n) is 8.46. The van der Waals surface area contributed by atoms with Crippen LogP contribution >= 0.6 is 0 Å². The van der Waals surface area contributed by atoms with E-state index in [1.54, 1.807) is 6.92 Å². The molecular weight excluding hydrogens is 166 g/mol. The SMILES string of the molecule is CC(=O)C(C)NC(=O)C(C)C1CC1. The minimum Gasteiger partial charge on any atom is -0.346 e. The van der Waals surface area contributed by atoms with Gasteiger partial charge in [0.25, 0.3) is 0 Å². The van der Waals surface area contributed by atoms with E-state index in [1.165, 1.54) is 6.92 Å². The van der Waals surface area contributed by atoms with Gasteiger partial charge in [-0.05, 0) is 32.6 Å². The van der Waals surface area contributed by atoms with Crippen molar-refractivity contribution in [2.75, 3.05) is 0 Å². The highest BCUT2D eigenvalue weighted by Gasteiger charge is 2.33. The summed E-state index contributed by atoms with van der Waals surface area (Å²) in [5.74, 6) is 0.655. The number of carbonyl (C=O) groups excluding carboxylic acids is 2. The van der Waals surface area contributed by atoms with Crippen LogP contribution in [0.5, 0.6) is 0 Å². The summed E-state index contributed by atoms with van der Waals surface area (Å²) in [4.78, 5) is 22.3. The van der Waals surface area contributed by atoms with Crippen LogP contribution in [0, 0.1) is 11.8 Å². The van der Waals surface area contributed by atoms with Crippen molar-refractivity contribution in [1.29, 1.82) is 0 Å². The lowest BCUT2D eigenvalue weighted by atomic mass is 10.1. The van der Waals surface area contributed by atoms with E-state index in [1.807, 2.05) is 6.92 Å². The van der Waals surface area contributed by atoms with Gasteiger partial charge in [-0.3, -0.25) is 9.59 Å². The standard InChI is InChI=1S/C10H17NO2/c1-6(9-4-5-9)10(13)11-7(2)8(3)12/h6-7,9H,4-5H2,1-3H3,(H,11,13). The molecule has 0 heterocycles. The van der Waals surface area contributed by atoms with Gasteiger partial charge in [-0.25, -0.2) is 0 Å². The van der Waals surface area contributed by atoms with Crippen molar-refractivity contribution in [3.05, 3.63) is 0 Å². The molecule has 1 amide bonds. The molecule has 0 spiro atoms. The predicted molar refractivity (Wildman–Crippen MR) is 50.2 cm³/mol. The van der Waals surface area contributed by atoms with Crippen molar-refractivity contribution in [3.63, 3.8) is 0 Å². The Morgan fingerprint density at radius 1 is 1.31 bits per heavy atom. The summed E-state index contributed by atoms with van der Waals surface area (Å²) in [6.45, 7) is 5.15. The van der Waals surface area contributed by atoms with Crippen molar-refractivity contribution in [1.82, 2.24) is 5.32 Å². The molecule has 3 heteroatoms. The van der Waals surface area contributed by atoms with Gasteiger partial charge in [0.05, 0.1) is 6.04 Å². The molecule has 1 fully saturated rings. The first-order valence-electron chi connectivity index (χ1n) is 4.83. The van der Waals surface area contributed by atoms with Gasteiger partial charge in [-0.2, -0.15) is 0 Å². The fourth-order valence-corrected chi connectivity index (χ4v) is 1.26. The maximum atomic E-state index is 11.5. The van der Waals surface area contributed by atoms with Gasteiger partial charge in [0.2, 0.25) is 5.91 Å². The molecular formula is C10H17NO2. The van der Waals surface area contributed by atoms with Crippen molar-refractivity contribution in [2.45, 2.75) is 39.7 Å². The Kier molecular flexibility index (Phi) is 3.07. The van der Waals surface area contributed by atoms with Crippen molar-refractivity contribution < 1.29 is 9.59 Å². The number of carbonyl (C=O) groups is 2. The van der Waals surface area contributed by atoms with Gasteiger partial charge in [0.1, 0.15) is 0 Å². The van der Waals surface area contributed by atoms with E-state index in [0.717, 1.165) is 12.8 Å². The molecule has 13 heavy (non-hydrogen) atoms. The van der Waals surface area contributed by atoms with E-state index in [0.29, 0.717) is 5.92 Å². The second-order valence-corrected chi connectivity index (χ2v) is 3.97. The van der Waals surface area contributed by atoms with Crippen LogP contribution in [0.2, 0.25) is 0 Å². The molecule has 0 aromatic carbocycles. The maximum Gasteiger partial charge on any atom is 0.223 e. The van der Waals surface area contributed by atoms with E-state index in [4.69, 9.17) is 0 Å². The molecule has 0 aromatic heterocycles. The first-order chi connectivity index (χ1) is 6.02. The molecule has 0 radical (unpaired) electrons. The van der Waals surface area contributed by atoms with E-state index in [2.05, 4.69) is 5.32 Å². The molecule has 1 saturated carbocycles. The second-order valence-electron chi connectivity index (χ2n) is 3.97. The summed E-state index contributed by atoms with van der Waals surface area (Å²) in [5.41, 5.74) is 0. The molecule has 74 valence electrons. The van der Waals surface area contributed by atoms with Gasteiger partial charge in [0.15, 0.2) is 5.78 Å². The van der Waals surface area contributed by atoms with Crippen LogP contribution in [-0.2, 0) is 9.59 Å². The number of amides is 1. The Morgan fingerprint density at radius 2 is 1.85 bits per heavy atom. The number of Topliss-reactive ketones (excluding diaryl/α,β-unsaturated/α-hetero) is 1. The number of ketones is 1. The Bertz CT molecular complexity index is 221. The van der Waals surface area contributed by atoms with Crippen LogP contribution in [0.15, 0.2) is 0 Å². The van der Waals surface area contributed by atoms with Crippen molar-refractivity contribution in [2.24, 2.45) is 11.8 Å². The van der Waals surface area contributed by atoms with Crippen LogP contribution in [0.25, 0.3) is 0 Å². The molecule has 1 rings (SSSR count). The third kappa shape index (κ3) is 2.83. The number of rotatable bonds is 4. The average molecular weight is 183 g/mol. The average Bonchev–Trinajstić information content (AvgIpc) is 2.85. The van der Waals surface area contributed by atoms with Gasteiger partial charge in [-0.1, -0.05) is 6.92 Å². The Balaban J connectivity index is 2.35. The number of nitrogens with one attached hydrogen (secondary N) is 1. The number of hydrogen-bond acceptors (Lipinski definition) is 2. The van der Waals surface area contributed by atoms with Crippen LogP contribution in [0.4, 0.5) is 0 Å². The maximum absolute atomic E-state index is 11.5. The zero-order valence-corrected chi connectivity index (χ0v) is 8.46. The lowest BCUT2D eigenvalue weighted by Gasteiger charge is -2.14. The molecule has 2 unspecified atom stereocenters. The molecule has 2 atom stereocenters. The predicted octanol–water partition coefficient (Wildman–Crippen LogP) is 1.13. The minimum atomic E-state index is -0.339. The topological polar surface area (TPSA) is 46.2 Å². The summed E-state index contributed by atoms with van der Waals surface area (Å²) in [6.07, 6.45) is 2.31. The summed E-state index contributed by atoms with van der Waals surface area (Å²) in [5, 5.41) is 2.71. The van der Waals surface area contributed by atoms with E-state index < -0.39 is 0 Å². The molecule has 1 aliphatic carbocycles. The first-order valence-corrected chi connectivity index (χ1v) is 4.83. The summed E-state index contributed by atoms with van der Waals surface area (Å²) in [6, 6.07) is -0.339. The Morgan fingerprint density at radius 3 is 2.23 bits per heavy atom. The Labute approximate surface area is 78.9 Å². The van der Waals surface area contributed by atoms with Gasteiger partial charge < -0.3 is 5.32 Å². The lowest BCUT2D eigenvalue weighted by molar-refractivity contribution is -0.129. The van der Waals surface area contributed by atoms with Crippen molar-refractivity contribution >= 4 is 11.7 Å². The van der Waals surface area contributed by atoms with Gasteiger partial charge in [-0.15, -0.1) is 0 Å². The molecule has 1 aliphatic rings. The molecule has 0 saturated heterocycles. The largest absolute Gasteiger partial charge is 0.346 e. The minimum absolute atomic E-state index is 0.0105. The molecule has 1 N–H and O–H groups in total. The van der Waals surface area contributed by atoms with Crippen LogP contribution in [-0.4, -0.2) is 17.7 Å². The highest BCUT2D eigenvalue weighted by atomic mass is 16.2.